The topological polar surface area (TPSA) is 52.3 Å². The first-order valence-corrected chi connectivity index (χ1v) is 6.43. The summed E-state index contributed by atoms with van der Waals surface area (Å²) < 4.78 is 24.0. The van der Waals surface area contributed by atoms with Gasteiger partial charge in [0.15, 0.2) is 11.5 Å². The molecule has 1 heterocycles. The van der Waals surface area contributed by atoms with E-state index in [0.717, 1.165) is 0 Å². The molecule has 0 aliphatic rings. The SMILES string of the molecule is Cc1nc2ccc(OC(=O)Cc3ccccc3F)cc2o1. The summed E-state index contributed by atoms with van der Waals surface area (Å²) in [4.78, 5) is 16.0. The number of nitrogens with zero attached hydrogens (tertiary/aromatic N) is 1. The minimum atomic E-state index is -0.532. The molecule has 2 aromatic carbocycles. The number of hydrogen-bond acceptors (Lipinski definition) is 4. The Labute approximate surface area is 120 Å². The Kier molecular flexibility index (Phi) is 3.39. The number of halogens is 1. The molecular formula is C16H12FNO3. The number of fused-ring (bicyclic) bond motifs is 1. The van der Waals surface area contributed by atoms with Crippen LogP contribution in [0.5, 0.6) is 5.75 Å². The average Bonchev–Trinajstić information content (AvgIpc) is 2.80. The Morgan fingerprint density at radius 3 is 2.90 bits per heavy atom. The van der Waals surface area contributed by atoms with Crippen LogP contribution >= 0.6 is 0 Å². The Hall–Kier alpha value is -2.69. The van der Waals surface area contributed by atoms with Gasteiger partial charge in [-0.2, -0.15) is 0 Å². The number of aromatic nitrogens is 1. The average molecular weight is 285 g/mol. The highest BCUT2D eigenvalue weighted by molar-refractivity contribution is 5.78. The fourth-order valence-electron chi connectivity index (χ4n) is 2.05. The lowest BCUT2D eigenvalue weighted by Gasteiger charge is -2.05. The number of aryl methyl sites for hydroxylation is 1. The standard InChI is InChI=1S/C16H12FNO3/c1-10-18-14-7-6-12(9-15(14)20-10)21-16(19)8-11-4-2-3-5-13(11)17/h2-7,9H,8H2,1H3. The molecule has 106 valence electrons. The van der Waals surface area contributed by atoms with Crippen LogP contribution in [0, 0.1) is 12.7 Å². The van der Waals surface area contributed by atoms with Gasteiger partial charge in [0.2, 0.25) is 0 Å². The number of carbonyl (C=O) groups excluding carboxylic acids is 1. The molecule has 0 saturated carbocycles. The molecule has 3 rings (SSSR count). The first-order chi connectivity index (χ1) is 10.1. The van der Waals surface area contributed by atoms with Crippen molar-refractivity contribution in [3.63, 3.8) is 0 Å². The van der Waals surface area contributed by atoms with Gasteiger partial charge in [-0.1, -0.05) is 18.2 Å². The van der Waals surface area contributed by atoms with Crippen LogP contribution in [0.1, 0.15) is 11.5 Å². The molecule has 0 saturated heterocycles. The first kappa shape index (κ1) is 13.3. The fourth-order valence-corrected chi connectivity index (χ4v) is 2.05. The molecule has 0 unspecified atom stereocenters. The molecule has 0 aliphatic carbocycles. The predicted octanol–water partition coefficient (Wildman–Crippen LogP) is 3.42. The van der Waals surface area contributed by atoms with E-state index in [1.54, 1.807) is 43.3 Å². The van der Waals surface area contributed by atoms with E-state index in [9.17, 15) is 9.18 Å². The summed E-state index contributed by atoms with van der Waals surface area (Å²) in [7, 11) is 0. The number of rotatable bonds is 3. The van der Waals surface area contributed by atoms with E-state index >= 15 is 0 Å². The van der Waals surface area contributed by atoms with Gasteiger partial charge in [-0.05, 0) is 23.8 Å². The summed E-state index contributed by atoms with van der Waals surface area (Å²) in [5.41, 5.74) is 1.55. The zero-order valence-corrected chi connectivity index (χ0v) is 11.3. The van der Waals surface area contributed by atoms with Gasteiger partial charge >= 0.3 is 5.97 Å². The van der Waals surface area contributed by atoms with Crippen molar-refractivity contribution in [2.24, 2.45) is 0 Å². The summed E-state index contributed by atoms with van der Waals surface area (Å²) in [5, 5.41) is 0. The van der Waals surface area contributed by atoms with Crippen molar-refractivity contribution in [1.29, 1.82) is 0 Å². The van der Waals surface area contributed by atoms with Crippen LogP contribution in [-0.2, 0) is 11.2 Å². The van der Waals surface area contributed by atoms with Crippen LogP contribution in [0.15, 0.2) is 46.9 Å². The van der Waals surface area contributed by atoms with E-state index in [4.69, 9.17) is 9.15 Å². The minimum absolute atomic E-state index is 0.125. The lowest BCUT2D eigenvalue weighted by atomic mass is 10.1. The van der Waals surface area contributed by atoms with Crippen molar-refractivity contribution < 1.29 is 18.3 Å². The van der Waals surface area contributed by atoms with Crippen LogP contribution in [0.3, 0.4) is 0 Å². The third-order valence-electron chi connectivity index (χ3n) is 2.99. The second-order valence-corrected chi connectivity index (χ2v) is 4.60. The summed E-state index contributed by atoms with van der Waals surface area (Å²) in [5.74, 6) is -0.0636. The molecule has 0 fully saturated rings. The smallest absolute Gasteiger partial charge is 0.315 e. The molecule has 0 aliphatic heterocycles. The molecule has 0 N–H and O–H groups in total. The molecule has 21 heavy (non-hydrogen) atoms. The molecule has 3 aromatic rings. The zero-order valence-electron chi connectivity index (χ0n) is 11.3. The van der Waals surface area contributed by atoms with E-state index in [-0.39, 0.29) is 6.42 Å². The molecule has 0 spiro atoms. The van der Waals surface area contributed by atoms with Crippen molar-refractivity contribution in [1.82, 2.24) is 4.98 Å². The van der Waals surface area contributed by atoms with Crippen LogP contribution in [0.4, 0.5) is 4.39 Å². The maximum atomic E-state index is 13.5. The van der Waals surface area contributed by atoms with Gasteiger partial charge in [-0.3, -0.25) is 4.79 Å². The molecular weight excluding hydrogens is 273 g/mol. The third kappa shape index (κ3) is 2.91. The number of esters is 1. The normalized spacial score (nSPS) is 10.8. The van der Waals surface area contributed by atoms with Gasteiger partial charge in [0.1, 0.15) is 17.1 Å². The predicted molar refractivity (Wildman–Crippen MR) is 74.5 cm³/mol. The van der Waals surface area contributed by atoms with Crippen molar-refractivity contribution in [3.8, 4) is 5.75 Å². The number of benzene rings is 2. The summed E-state index contributed by atoms with van der Waals surface area (Å²) in [6.07, 6.45) is -0.125. The molecule has 1 aromatic heterocycles. The van der Waals surface area contributed by atoms with Gasteiger partial charge in [0.25, 0.3) is 0 Å². The van der Waals surface area contributed by atoms with Crippen LogP contribution in [0.2, 0.25) is 0 Å². The van der Waals surface area contributed by atoms with Gasteiger partial charge in [-0.25, -0.2) is 9.37 Å². The highest BCUT2D eigenvalue weighted by Crippen LogP contribution is 2.22. The van der Waals surface area contributed by atoms with E-state index in [2.05, 4.69) is 4.98 Å². The highest BCUT2D eigenvalue weighted by atomic mass is 19.1. The molecule has 0 amide bonds. The molecule has 4 nitrogen and oxygen atoms in total. The number of hydrogen-bond donors (Lipinski definition) is 0. The van der Waals surface area contributed by atoms with Gasteiger partial charge in [0.05, 0.1) is 6.42 Å². The summed E-state index contributed by atoms with van der Waals surface area (Å²) in [6.45, 7) is 1.74. The van der Waals surface area contributed by atoms with Gasteiger partial charge in [-0.15, -0.1) is 0 Å². The van der Waals surface area contributed by atoms with Crippen LogP contribution in [-0.4, -0.2) is 11.0 Å². The zero-order chi connectivity index (χ0) is 14.8. The Bertz CT molecular complexity index is 810. The quantitative estimate of drug-likeness (QED) is 0.546. The fraction of sp³-hybridized carbons (Fsp3) is 0.125. The van der Waals surface area contributed by atoms with Crippen molar-refractivity contribution in [2.45, 2.75) is 13.3 Å². The maximum absolute atomic E-state index is 13.5. The van der Waals surface area contributed by atoms with Crippen LogP contribution < -0.4 is 4.74 Å². The monoisotopic (exact) mass is 285 g/mol. The van der Waals surface area contributed by atoms with E-state index in [1.807, 2.05) is 0 Å². The maximum Gasteiger partial charge on any atom is 0.315 e. The van der Waals surface area contributed by atoms with E-state index < -0.39 is 11.8 Å². The minimum Gasteiger partial charge on any atom is -0.441 e. The number of ether oxygens (including phenoxy) is 1. The molecule has 0 bridgehead atoms. The van der Waals surface area contributed by atoms with Crippen molar-refractivity contribution >= 4 is 17.1 Å². The number of oxazole rings is 1. The molecule has 0 atom stereocenters. The molecule has 0 radical (unpaired) electrons. The second kappa shape index (κ2) is 5.36. The first-order valence-electron chi connectivity index (χ1n) is 6.43. The Morgan fingerprint density at radius 2 is 2.10 bits per heavy atom. The lowest BCUT2D eigenvalue weighted by molar-refractivity contribution is -0.133. The molecule has 5 heteroatoms. The van der Waals surface area contributed by atoms with Crippen molar-refractivity contribution in [2.75, 3.05) is 0 Å². The number of carbonyl (C=O) groups is 1. The lowest BCUT2D eigenvalue weighted by Crippen LogP contribution is -2.12. The highest BCUT2D eigenvalue weighted by Gasteiger charge is 2.11. The van der Waals surface area contributed by atoms with Gasteiger partial charge < -0.3 is 9.15 Å². The Morgan fingerprint density at radius 1 is 1.29 bits per heavy atom. The van der Waals surface area contributed by atoms with Gasteiger partial charge in [0, 0.05) is 13.0 Å². The summed E-state index contributed by atoms with van der Waals surface area (Å²) in [6, 6.07) is 11.0. The second-order valence-electron chi connectivity index (χ2n) is 4.60. The van der Waals surface area contributed by atoms with E-state index in [0.29, 0.717) is 28.3 Å². The van der Waals surface area contributed by atoms with Crippen LogP contribution in [0.25, 0.3) is 11.1 Å². The largest absolute Gasteiger partial charge is 0.441 e. The Balaban J connectivity index is 1.75. The third-order valence-corrected chi connectivity index (χ3v) is 2.99. The van der Waals surface area contributed by atoms with E-state index in [1.165, 1.54) is 6.07 Å². The van der Waals surface area contributed by atoms with Crippen molar-refractivity contribution in [3.05, 3.63) is 59.7 Å². The summed E-state index contributed by atoms with van der Waals surface area (Å²) >= 11 is 0.